The molecule has 0 bridgehead atoms. The molecule has 1 heterocycles. The van der Waals surface area contributed by atoms with E-state index in [9.17, 15) is 0 Å². The zero-order valence-corrected chi connectivity index (χ0v) is 11.4. The summed E-state index contributed by atoms with van der Waals surface area (Å²) in [6.45, 7) is 4.60. The lowest BCUT2D eigenvalue weighted by Gasteiger charge is -2.10. The Hall–Kier alpha value is -1.55. The lowest BCUT2D eigenvalue weighted by Crippen LogP contribution is -1.97. The smallest absolute Gasteiger partial charge is 0.123 e. The monoisotopic (exact) mass is 263 g/mol. The molecule has 96 valence electrons. The topological polar surface area (TPSA) is 48.4 Å². The Balaban J connectivity index is 2.12. The van der Waals surface area contributed by atoms with E-state index in [1.165, 1.54) is 0 Å². The average molecular weight is 263 g/mol. The highest BCUT2D eigenvalue weighted by molar-refractivity contribution is 7.98. The van der Waals surface area contributed by atoms with Crippen LogP contribution in [-0.2, 0) is 5.75 Å². The van der Waals surface area contributed by atoms with Crippen molar-refractivity contribution in [2.24, 2.45) is 0 Å². The molecule has 2 aromatic rings. The molecule has 0 saturated heterocycles. The van der Waals surface area contributed by atoms with Crippen molar-refractivity contribution in [3.05, 3.63) is 41.9 Å². The molecule has 4 heteroatoms. The first kappa shape index (κ1) is 12.9. The van der Waals surface area contributed by atoms with Crippen molar-refractivity contribution in [3.63, 3.8) is 0 Å². The standard InChI is InChI=1S/C14H17NO2S/c1-3-16-13-5-4-12(15)8-11(13)9-18-14-6-7-17-10(14)2/h4-8H,3,9,15H2,1-2H3. The first-order chi connectivity index (χ1) is 8.70. The minimum atomic E-state index is 0.659. The highest BCUT2D eigenvalue weighted by atomic mass is 32.2. The van der Waals surface area contributed by atoms with Crippen LogP contribution < -0.4 is 10.5 Å². The number of nitrogens with two attached hydrogens (primary N) is 1. The zero-order valence-electron chi connectivity index (χ0n) is 10.6. The lowest BCUT2D eigenvalue weighted by molar-refractivity contribution is 0.337. The number of hydrogen-bond acceptors (Lipinski definition) is 4. The second-order valence-corrected chi connectivity index (χ2v) is 4.95. The van der Waals surface area contributed by atoms with Crippen LogP contribution >= 0.6 is 11.8 Å². The maximum absolute atomic E-state index is 5.82. The molecule has 2 N–H and O–H groups in total. The quantitative estimate of drug-likeness (QED) is 0.657. The Morgan fingerprint density at radius 1 is 1.33 bits per heavy atom. The Labute approximate surface area is 111 Å². The second kappa shape index (κ2) is 5.87. The second-order valence-electron chi connectivity index (χ2n) is 3.93. The fraction of sp³-hybridized carbons (Fsp3) is 0.286. The summed E-state index contributed by atoms with van der Waals surface area (Å²) < 4.78 is 10.9. The number of nitrogen functional groups attached to an aromatic ring is 1. The third-order valence-electron chi connectivity index (χ3n) is 2.58. The summed E-state index contributed by atoms with van der Waals surface area (Å²) in [5, 5.41) is 0. The molecule has 0 aliphatic carbocycles. The molecular formula is C14H17NO2S. The van der Waals surface area contributed by atoms with Crippen LogP contribution in [0.2, 0.25) is 0 Å². The molecule has 0 saturated carbocycles. The lowest BCUT2D eigenvalue weighted by atomic mass is 10.2. The Bertz CT molecular complexity index is 522. The number of benzene rings is 1. The van der Waals surface area contributed by atoms with Gasteiger partial charge in [-0.1, -0.05) is 0 Å². The summed E-state index contributed by atoms with van der Waals surface area (Å²) in [7, 11) is 0. The van der Waals surface area contributed by atoms with Gasteiger partial charge < -0.3 is 14.9 Å². The van der Waals surface area contributed by atoms with Gasteiger partial charge in [-0.25, -0.2) is 0 Å². The molecule has 0 spiro atoms. The van der Waals surface area contributed by atoms with Crippen molar-refractivity contribution >= 4 is 17.4 Å². The highest BCUT2D eigenvalue weighted by Gasteiger charge is 2.07. The molecule has 0 aliphatic heterocycles. The maximum Gasteiger partial charge on any atom is 0.123 e. The van der Waals surface area contributed by atoms with E-state index in [0.717, 1.165) is 33.4 Å². The molecule has 0 aliphatic rings. The van der Waals surface area contributed by atoms with Gasteiger partial charge in [0.25, 0.3) is 0 Å². The summed E-state index contributed by atoms with van der Waals surface area (Å²) in [6.07, 6.45) is 1.71. The number of furan rings is 1. The van der Waals surface area contributed by atoms with Gasteiger partial charge in [-0.15, -0.1) is 11.8 Å². The molecule has 18 heavy (non-hydrogen) atoms. The molecule has 3 nitrogen and oxygen atoms in total. The summed E-state index contributed by atoms with van der Waals surface area (Å²) >= 11 is 1.73. The fourth-order valence-electron chi connectivity index (χ4n) is 1.69. The van der Waals surface area contributed by atoms with Gasteiger partial charge in [-0.3, -0.25) is 0 Å². The third-order valence-corrected chi connectivity index (χ3v) is 3.77. The first-order valence-corrected chi connectivity index (χ1v) is 6.87. The average Bonchev–Trinajstić information content (AvgIpc) is 2.75. The van der Waals surface area contributed by atoms with E-state index in [1.807, 2.05) is 38.1 Å². The van der Waals surface area contributed by atoms with E-state index in [-0.39, 0.29) is 0 Å². The largest absolute Gasteiger partial charge is 0.494 e. The molecule has 0 atom stereocenters. The predicted octanol–water partition coefficient (Wildman–Crippen LogP) is 3.86. The number of anilines is 1. The van der Waals surface area contributed by atoms with Gasteiger partial charge in [0.15, 0.2) is 0 Å². The van der Waals surface area contributed by atoms with E-state index in [4.69, 9.17) is 14.9 Å². The van der Waals surface area contributed by atoms with E-state index < -0.39 is 0 Å². The van der Waals surface area contributed by atoms with Crippen molar-refractivity contribution < 1.29 is 9.15 Å². The van der Waals surface area contributed by atoms with Gasteiger partial charge >= 0.3 is 0 Å². The summed E-state index contributed by atoms with van der Waals surface area (Å²) in [5.41, 5.74) is 7.69. The molecular weight excluding hydrogens is 246 g/mol. The fourth-order valence-corrected chi connectivity index (χ4v) is 2.63. The van der Waals surface area contributed by atoms with Gasteiger partial charge in [-0.05, 0) is 38.1 Å². The van der Waals surface area contributed by atoms with Crippen molar-refractivity contribution in [3.8, 4) is 5.75 Å². The van der Waals surface area contributed by atoms with Crippen LogP contribution in [-0.4, -0.2) is 6.61 Å². The van der Waals surface area contributed by atoms with Crippen LogP contribution in [0, 0.1) is 6.92 Å². The number of ether oxygens (including phenoxy) is 1. The zero-order chi connectivity index (χ0) is 13.0. The number of thioether (sulfide) groups is 1. The van der Waals surface area contributed by atoms with Gasteiger partial charge in [0.1, 0.15) is 11.5 Å². The van der Waals surface area contributed by atoms with Gasteiger partial charge in [0.2, 0.25) is 0 Å². The van der Waals surface area contributed by atoms with E-state index in [1.54, 1.807) is 18.0 Å². The van der Waals surface area contributed by atoms with Crippen molar-refractivity contribution in [2.75, 3.05) is 12.3 Å². The van der Waals surface area contributed by atoms with Crippen molar-refractivity contribution in [1.82, 2.24) is 0 Å². The van der Waals surface area contributed by atoms with E-state index >= 15 is 0 Å². The van der Waals surface area contributed by atoms with Crippen molar-refractivity contribution in [1.29, 1.82) is 0 Å². The van der Waals surface area contributed by atoms with Crippen LogP contribution in [0.25, 0.3) is 0 Å². The normalized spacial score (nSPS) is 10.6. The SMILES string of the molecule is CCOc1ccc(N)cc1CSc1ccoc1C. The van der Waals surface area contributed by atoms with Gasteiger partial charge in [0, 0.05) is 21.9 Å². The molecule has 0 unspecified atom stereocenters. The minimum absolute atomic E-state index is 0.659. The summed E-state index contributed by atoms with van der Waals surface area (Å²) in [6, 6.07) is 7.74. The Kier molecular flexibility index (Phi) is 4.20. The molecule has 1 aromatic carbocycles. The first-order valence-electron chi connectivity index (χ1n) is 5.88. The van der Waals surface area contributed by atoms with Crippen LogP contribution in [0.15, 0.2) is 39.8 Å². The summed E-state index contributed by atoms with van der Waals surface area (Å²) in [4.78, 5) is 1.15. The molecule has 0 fully saturated rings. The van der Waals surface area contributed by atoms with E-state index in [0.29, 0.717) is 6.61 Å². The van der Waals surface area contributed by atoms with Crippen molar-refractivity contribution in [2.45, 2.75) is 24.5 Å². The van der Waals surface area contributed by atoms with Crippen LogP contribution in [0.4, 0.5) is 5.69 Å². The number of aryl methyl sites for hydroxylation is 1. The minimum Gasteiger partial charge on any atom is -0.494 e. The number of hydrogen-bond donors (Lipinski definition) is 1. The predicted molar refractivity (Wildman–Crippen MR) is 75.0 cm³/mol. The van der Waals surface area contributed by atoms with Crippen LogP contribution in [0.5, 0.6) is 5.75 Å². The van der Waals surface area contributed by atoms with Crippen LogP contribution in [0.1, 0.15) is 18.2 Å². The molecule has 0 radical (unpaired) electrons. The maximum atomic E-state index is 5.82. The van der Waals surface area contributed by atoms with E-state index in [2.05, 4.69) is 0 Å². The number of rotatable bonds is 5. The molecule has 2 rings (SSSR count). The highest BCUT2D eigenvalue weighted by Crippen LogP contribution is 2.31. The van der Waals surface area contributed by atoms with Gasteiger partial charge in [-0.2, -0.15) is 0 Å². The summed E-state index contributed by atoms with van der Waals surface area (Å²) in [5.74, 6) is 2.67. The Morgan fingerprint density at radius 2 is 2.17 bits per heavy atom. The Morgan fingerprint density at radius 3 is 2.83 bits per heavy atom. The van der Waals surface area contributed by atoms with Gasteiger partial charge in [0.05, 0.1) is 12.9 Å². The molecule has 0 amide bonds. The molecule has 1 aromatic heterocycles. The van der Waals surface area contributed by atoms with Crippen LogP contribution in [0.3, 0.4) is 0 Å². The third kappa shape index (κ3) is 3.01.